The molecule has 0 saturated heterocycles. The van der Waals surface area contributed by atoms with E-state index in [2.05, 4.69) is 26.3 Å². The predicted molar refractivity (Wildman–Crippen MR) is 57.7 cm³/mol. The fraction of sp³-hybridized carbons (Fsp3) is 0.125. The molecule has 74 valence electrons. The highest BCUT2D eigenvalue weighted by Crippen LogP contribution is 2.30. The first-order valence-corrected chi connectivity index (χ1v) is 5.57. The molecule has 0 bridgehead atoms. The van der Waals surface area contributed by atoms with E-state index in [-0.39, 0.29) is 6.04 Å². The molecule has 2 aromatic heterocycles. The van der Waals surface area contributed by atoms with Gasteiger partial charge in [0.05, 0.1) is 21.1 Å². The summed E-state index contributed by atoms with van der Waals surface area (Å²) >= 11 is 4.92. The van der Waals surface area contributed by atoms with Crippen LogP contribution in [0.1, 0.15) is 16.7 Å². The van der Waals surface area contributed by atoms with Gasteiger partial charge < -0.3 is 4.42 Å². The van der Waals surface area contributed by atoms with Crippen LogP contribution in [0.4, 0.5) is 0 Å². The van der Waals surface area contributed by atoms with E-state index < -0.39 is 0 Å². The number of nitrogens with zero attached hydrogens (tertiary/aromatic N) is 1. The Bertz CT molecular complexity index is 400. The number of thiazole rings is 1. The second-order valence-corrected chi connectivity index (χ2v) is 4.41. The normalized spacial score (nSPS) is 13.0. The molecule has 0 spiro atoms. The Balaban J connectivity index is 2.36. The molecule has 2 rings (SSSR count). The summed E-state index contributed by atoms with van der Waals surface area (Å²) in [4.78, 5) is 5.01. The number of rotatable bonds is 3. The van der Waals surface area contributed by atoms with Crippen molar-refractivity contribution in [2.24, 2.45) is 5.84 Å². The van der Waals surface area contributed by atoms with Gasteiger partial charge in [-0.3, -0.25) is 10.8 Å². The highest BCUT2D eigenvalue weighted by molar-refractivity contribution is 9.10. The topological polar surface area (TPSA) is 64.1 Å². The third-order valence-corrected chi connectivity index (χ3v) is 3.31. The monoisotopic (exact) mass is 273 g/mol. The standard InChI is InChI=1S/C8H8BrN3OS/c9-5-1-2-13-8(5)7(12-10)6-3-11-4-14-6/h1-4,7,12H,10H2. The Kier molecular flexibility index (Phi) is 2.97. The van der Waals surface area contributed by atoms with E-state index in [0.717, 1.165) is 15.1 Å². The van der Waals surface area contributed by atoms with Crippen LogP contribution >= 0.6 is 27.3 Å². The molecular formula is C8H8BrN3OS. The van der Waals surface area contributed by atoms with Gasteiger partial charge in [-0.15, -0.1) is 11.3 Å². The average Bonchev–Trinajstić information content (AvgIpc) is 2.80. The highest BCUT2D eigenvalue weighted by atomic mass is 79.9. The van der Waals surface area contributed by atoms with Crippen molar-refractivity contribution in [3.05, 3.63) is 39.1 Å². The summed E-state index contributed by atoms with van der Waals surface area (Å²) in [7, 11) is 0. The van der Waals surface area contributed by atoms with Gasteiger partial charge >= 0.3 is 0 Å². The smallest absolute Gasteiger partial charge is 0.141 e. The second-order valence-electron chi connectivity index (χ2n) is 2.64. The van der Waals surface area contributed by atoms with Crippen molar-refractivity contribution in [1.82, 2.24) is 10.4 Å². The highest BCUT2D eigenvalue weighted by Gasteiger charge is 2.19. The van der Waals surface area contributed by atoms with Crippen LogP contribution in [0.3, 0.4) is 0 Å². The van der Waals surface area contributed by atoms with Crippen molar-refractivity contribution in [3.8, 4) is 0 Å². The van der Waals surface area contributed by atoms with Crippen molar-refractivity contribution >= 4 is 27.3 Å². The Labute approximate surface area is 93.2 Å². The van der Waals surface area contributed by atoms with E-state index in [1.54, 1.807) is 18.0 Å². The summed E-state index contributed by atoms with van der Waals surface area (Å²) in [5, 5.41) is 0. The molecule has 1 atom stereocenters. The van der Waals surface area contributed by atoms with E-state index in [1.165, 1.54) is 11.3 Å². The number of aromatic nitrogens is 1. The Hall–Kier alpha value is -0.690. The predicted octanol–water partition coefficient (Wildman–Crippen LogP) is 2.05. The van der Waals surface area contributed by atoms with Gasteiger partial charge in [-0.2, -0.15) is 0 Å². The van der Waals surface area contributed by atoms with Gasteiger partial charge in [-0.1, -0.05) is 0 Å². The Morgan fingerprint density at radius 3 is 3.00 bits per heavy atom. The van der Waals surface area contributed by atoms with Gasteiger partial charge in [0.25, 0.3) is 0 Å². The lowest BCUT2D eigenvalue weighted by Crippen LogP contribution is -2.28. The molecule has 2 heterocycles. The molecule has 0 saturated carbocycles. The minimum atomic E-state index is -0.146. The van der Waals surface area contributed by atoms with Crippen molar-refractivity contribution in [1.29, 1.82) is 0 Å². The van der Waals surface area contributed by atoms with Crippen LogP contribution in [-0.4, -0.2) is 4.98 Å². The summed E-state index contributed by atoms with van der Waals surface area (Å²) in [6.07, 6.45) is 3.38. The second kappa shape index (κ2) is 4.22. The molecule has 0 aromatic carbocycles. The maximum absolute atomic E-state index is 5.47. The summed E-state index contributed by atoms with van der Waals surface area (Å²) in [5.74, 6) is 6.23. The van der Waals surface area contributed by atoms with Crippen LogP contribution < -0.4 is 11.3 Å². The summed E-state index contributed by atoms with van der Waals surface area (Å²) in [6, 6.07) is 1.69. The molecule has 14 heavy (non-hydrogen) atoms. The quantitative estimate of drug-likeness (QED) is 0.664. The van der Waals surface area contributed by atoms with Crippen molar-refractivity contribution in [2.75, 3.05) is 0 Å². The van der Waals surface area contributed by atoms with Crippen molar-refractivity contribution in [2.45, 2.75) is 6.04 Å². The molecule has 0 aliphatic carbocycles. The molecule has 0 fully saturated rings. The van der Waals surface area contributed by atoms with E-state index in [9.17, 15) is 0 Å². The minimum Gasteiger partial charge on any atom is -0.466 e. The van der Waals surface area contributed by atoms with Gasteiger partial charge in [-0.05, 0) is 22.0 Å². The zero-order valence-electron chi connectivity index (χ0n) is 7.11. The summed E-state index contributed by atoms with van der Waals surface area (Å²) in [6.45, 7) is 0. The van der Waals surface area contributed by atoms with Gasteiger partial charge in [-0.25, -0.2) is 5.43 Å². The fourth-order valence-electron chi connectivity index (χ4n) is 1.17. The van der Waals surface area contributed by atoms with Crippen LogP contribution in [0.2, 0.25) is 0 Å². The number of furan rings is 1. The number of nitrogens with one attached hydrogen (secondary N) is 1. The largest absolute Gasteiger partial charge is 0.466 e. The molecule has 6 heteroatoms. The number of halogens is 1. The van der Waals surface area contributed by atoms with Crippen molar-refractivity contribution in [3.63, 3.8) is 0 Å². The first-order chi connectivity index (χ1) is 6.83. The Morgan fingerprint density at radius 1 is 1.64 bits per heavy atom. The number of hydrogen-bond donors (Lipinski definition) is 2. The maximum atomic E-state index is 5.47. The zero-order chi connectivity index (χ0) is 9.97. The Morgan fingerprint density at radius 2 is 2.50 bits per heavy atom. The summed E-state index contributed by atoms with van der Waals surface area (Å²) in [5.41, 5.74) is 4.45. The van der Waals surface area contributed by atoms with Gasteiger partial charge in [0.15, 0.2) is 0 Å². The van der Waals surface area contributed by atoms with Crippen LogP contribution in [0.15, 0.2) is 32.9 Å². The molecule has 4 nitrogen and oxygen atoms in total. The fourth-order valence-corrected chi connectivity index (χ4v) is 2.27. The van der Waals surface area contributed by atoms with E-state index >= 15 is 0 Å². The minimum absolute atomic E-state index is 0.146. The number of hydrazine groups is 1. The lowest BCUT2D eigenvalue weighted by atomic mass is 10.2. The summed E-state index contributed by atoms with van der Waals surface area (Å²) < 4.78 is 6.23. The third-order valence-electron chi connectivity index (χ3n) is 1.81. The molecular weight excluding hydrogens is 266 g/mol. The van der Waals surface area contributed by atoms with E-state index in [4.69, 9.17) is 10.3 Å². The third kappa shape index (κ3) is 1.74. The van der Waals surface area contributed by atoms with Gasteiger partial charge in [0.1, 0.15) is 11.8 Å². The van der Waals surface area contributed by atoms with Gasteiger partial charge in [0, 0.05) is 6.20 Å². The lowest BCUT2D eigenvalue weighted by Gasteiger charge is -2.10. The van der Waals surface area contributed by atoms with Crippen LogP contribution in [0, 0.1) is 0 Å². The number of nitrogens with two attached hydrogens (primary N) is 1. The van der Waals surface area contributed by atoms with Gasteiger partial charge in [0.2, 0.25) is 0 Å². The zero-order valence-corrected chi connectivity index (χ0v) is 9.51. The SMILES string of the molecule is NNC(c1cncs1)c1occc1Br. The molecule has 3 N–H and O–H groups in total. The van der Waals surface area contributed by atoms with Crippen molar-refractivity contribution < 1.29 is 4.42 Å². The first kappa shape index (κ1) is 9.85. The molecule has 0 radical (unpaired) electrons. The molecule has 2 aromatic rings. The van der Waals surface area contributed by atoms with Crippen LogP contribution in [-0.2, 0) is 0 Å². The molecule has 1 unspecified atom stereocenters. The molecule has 0 amide bonds. The van der Waals surface area contributed by atoms with E-state index in [0.29, 0.717) is 0 Å². The lowest BCUT2D eigenvalue weighted by molar-refractivity contribution is 0.452. The number of hydrogen-bond acceptors (Lipinski definition) is 5. The molecule has 0 aliphatic heterocycles. The van der Waals surface area contributed by atoms with Crippen LogP contribution in [0.5, 0.6) is 0 Å². The molecule has 0 aliphatic rings. The van der Waals surface area contributed by atoms with Crippen LogP contribution in [0.25, 0.3) is 0 Å². The van der Waals surface area contributed by atoms with E-state index in [1.807, 2.05) is 6.07 Å². The average molecular weight is 274 g/mol. The first-order valence-electron chi connectivity index (χ1n) is 3.90. The maximum Gasteiger partial charge on any atom is 0.141 e.